The Morgan fingerprint density at radius 3 is 2.79 bits per heavy atom. The number of benzene rings is 1. The first kappa shape index (κ1) is 16.2. The van der Waals surface area contributed by atoms with Crippen molar-refractivity contribution in [3.63, 3.8) is 0 Å². The van der Waals surface area contributed by atoms with Crippen LogP contribution in [-0.4, -0.2) is 22.5 Å². The lowest BCUT2D eigenvalue weighted by molar-refractivity contribution is -0.143. The summed E-state index contributed by atoms with van der Waals surface area (Å²) in [6, 6.07) is 7.12. The maximum absolute atomic E-state index is 12.0. The van der Waals surface area contributed by atoms with E-state index in [-0.39, 0.29) is 5.97 Å². The summed E-state index contributed by atoms with van der Waals surface area (Å²) in [5.74, 6) is 0.446. The average molecular weight is 303 g/mol. The molecule has 0 spiro atoms. The molecule has 5 heteroatoms. The van der Waals surface area contributed by atoms with Crippen molar-refractivity contribution < 1.29 is 13.7 Å². The molecule has 0 bridgehead atoms. The maximum atomic E-state index is 12.0. The van der Waals surface area contributed by atoms with Gasteiger partial charge in [0.05, 0.1) is 17.4 Å². The highest BCUT2D eigenvalue weighted by molar-refractivity contribution is 7.85. The van der Waals surface area contributed by atoms with Gasteiger partial charge in [-0.1, -0.05) is 24.1 Å². The van der Waals surface area contributed by atoms with Crippen LogP contribution in [0.1, 0.15) is 32.6 Å². The highest BCUT2D eigenvalue weighted by Crippen LogP contribution is 2.15. The Hall–Kier alpha value is -0.870. The van der Waals surface area contributed by atoms with Crippen molar-refractivity contribution >= 4 is 28.4 Å². The minimum absolute atomic E-state index is 0.154. The fraction of sp³-hybridized carbons (Fsp3) is 0.500. The summed E-state index contributed by atoms with van der Waals surface area (Å²) >= 11 is 5.85. The predicted octanol–water partition coefficient (Wildman–Crippen LogP) is 3.57. The summed E-state index contributed by atoms with van der Waals surface area (Å²) in [7, 11) is -1.01. The van der Waals surface area contributed by atoms with E-state index < -0.39 is 10.8 Å². The Labute approximate surface area is 121 Å². The predicted molar refractivity (Wildman–Crippen MR) is 77.8 cm³/mol. The van der Waals surface area contributed by atoms with E-state index in [1.54, 1.807) is 25.1 Å². The van der Waals surface area contributed by atoms with Crippen molar-refractivity contribution in [2.45, 2.75) is 37.5 Å². The molecule has 0 heterocycles. The van der Waals surface area contributed by atoms with Gasteiger partial charge in [-0.15, -0.1) is 0 Å². The minimum atomic E-state index is -1.01. The number of hydrogen-bond acceptors (Lipinski definition) is 3. The third-order valence-corrected chi connectivity index (χ3v) is 4.25. The molecule has 0 aliphatic heterocycles. The SMILES string of the molecule is CCOC(=O)CCCCCS(=O)c1cccc(Cl)c1. The zero-order valence-electron chi connectivity index (χ0n) is 11.1. The van der Waals surface area contributed by atoms with E-state index in [9.17, 15) is 9.00 Å². The third-order valence-electron chi connectivity index (χ3n) is 2.57. The standard InChI is InChI=1S/C14H19ClO3S/c1-2-18-14(16)9-4-3-5-10-19(17)13-8-6-7-12(15)11-13/h6-8,11H,2-5,9-10H2,1H3. The quantitative estimate of drug-likeness (QED) is 0.544. The largest absolute Gasteiger partial charge is 0.466 e. The first-order valence-corrected chi connectivity index (χ1v) is 8.12. The summed E-state index contributed by atoms with van der Waals surface area (Å²) in [5, 5.41) is 0.605. The monoisotopic (exact) mass is 302 g/mol. The molecule has 0 radical (unpaired) electrons. The fourth-order valence-electron chi connectivity index (χ4n) is 1.64. The normalized spacial score (nSPS) is 12.1. The highest BCUT2D eigenvalue weighted by atomic mass is 35.5. The van der Waals surface area contributed by atoms with Gasteiger partial charge >= 0.3 is 5.97 Å². The fourth-order valence-corrected chi connectivity index (χ4v) is 3.08. The Bertz CT molecular complexity index is 434. The number of carbonyl (C=O) groups excluding carboxylic acids is 1. The Kier molecular flexibility index (Phi) is 7.75. The smallest absolute Gasteiger partial charge is 0.305 e. The molecule has 0 aliphatic rings. The van der Waals surface area contributed by atoms with Crippen LogP contribution in [0.25, 0.3) is 0 Å². The number of halogens is 1. The second kappa shape index (κ2) is 9.10. The number of esters is 1. The molecule has 0 fully saturated rings. The zero-order chi connectivity index (χ0) is 14.1. The summed E-state index contributed by atoms with van der Waals surface area (Å²) < 4.78 is 16.8. The molecule has 1 aromatic carbocycles. The molecule has 1 rings (SSSR count). The van der Waals surface area contributed by atoms with Crippen LogP contribution in [0.15, 0.2) is 29.2 Å². The Balaban J connectivity index is 2.19. The van der Waals surface area contributed by atoms with Gasteiger partial charge in [0.15, 0.2) is 0 Å². The lowest BCUT2D eigenvalue weighted by Gasteiger charge is -2.03. The van der Waals surface area contributed by atoms with Crippen LogP contribution < -0.4 is 0 Å². The maximum Gasteiger partial charge on any atom is 0.305 e. The van der Waals surface area contributed by atoms with Crippen molar-refractivity contribution in [3.8, 4) is 0 Å². The molecule has 0 amide bonds. The van der Waals surface area contributed by atoms with E-state index in [4.69, 9.17) is 16.3 Å². The van der Waals surface area contributed by atoms with E-state index in [0.29, 0.717) is 23.8 Å². The summed E-state index contributed by atoms with van der Waals surface area (Å²) in [6.45, 7) is 2.23. The molecule has 1 aromatic rings. The molecule has 0 aromatic heterocycles. The van der Waals surface area contributed by atoms with Crippen molar-refractivity contribution in [1.82, 2.24) is 0 Å². The summed E-state index contributed by atoms with van der Waals surface area (Å²) in [6.07, 6.45) is 2.94. The summed E-state index contributed by atoms with van der Waals surface area (Å²) in [5.41, 5.74) is 0. The van der Waals surface area contributed by atoms with Gasteiger partial charge in [-0.25, -0.2) is 0 Å². The average Bonchev–Trinajstić information content (AvgIpc) is 2.38. The van der Waals surface area contributed by atoms with Gasteiger partial charge in [0.25, 0.3) is 0 Å². The number of carbonyl (C=O) groups is 1. The first-order chi connectivity index (χ1) is 9.13. The van der Waals surface area contributed by atoms with E-state index in [1.165, 1.54) is 0 Å². The van der Waals surface area contributed by atoms with Gasteiger partial charge in [-0.05, 0) is 38.0 Å². The van der Waals surface area contributed by atoms with Gasteiger partial charge in [0, 0.05) is 22.1 Å². The van der Waals surface area contributed by atoms with Crippen LogP contribution in [-0.2, 0) is 20.3 Å². The van der Waals surface area contributed by atoms with E-state index >= 15 is 0 Å². The minimum Gasteiger partial charge on any atom is -0.466 e. The molecule has 1 atom stereocenters. The number of ether oxygens (including phenoxy) is 1. The second-order valence-electron chi connectivity index (χ2n) is 4.12. The highest BCUT2D eigenvalue weighted by Gasteiger charge is 2.05. The second-order valence-corrected chi connectivity index (χ2v) is 6.13. The zero-order valence-corrected chi connectivity index (χ0v) is 12.6. The van der Waals surface area contributed by atoms with Gasteiger partial charge in [0.2, 0.25) is 0 Å². The molecule has 3 nitrogen and oxygen atoms in total. The van der Waals surface area contributed by atoms with Gasteiger partial charge in [-0.2, -0.15) is 0 Å². The lowest BCUT2D eigenvalue weighted by atomic mass is 10.2. The molecule has 0 saturated heterocycles. The van der Waals surface area contributed by atoms with Crippen LogP contribution in [0.5, 0.6) is 0 Å². The van der Waals surface area contributed by atoms with E-state index in [1.807, 2.05) is 6.07 Å². The molecule has 1 unspecified atom stereocenters. The molecule has 19 heavy (non-hydrogen) atoms. The van der Waals surface area contributed by atoms with Crippen molar-refractivity contribution in [3.05, 3.63) is 29.3 Å². The van der Waals surface area contributed by atoms with E-state index in [2.05, 4.69) is 0 Å². The third kappa shape index (κ3) is 6.73. The number of unbranched alkanes of at least 4 members (excludes halogenated alkanes) is 2. The molecule has 0 N–H and O–H groups in total. The van der Waals surface area contributed by atoms with E-state index in [0.717, 1.165) is 24.2 Å². The van der Waals surface area contributed by atoms with Crippen molar-refractivity contribution in [2.75, 3.05) is 12.4 Å². The Morgan fingerprint density at radius 1 is 1.32 bits per heavy atom. The molecular weight excluding hydrogens is 284 g/mol. The van der Waals surface area contributed by atoms with Crippen LogP contribution >= 0.6 is 11.6 Å². The topological polar surface area (TPSA) is 43.4 Å². The van der Waals surface area contributed by atoms with Crippen LogP contribution in [0.3, 0.4) is 0 Å². The van der Waals surface area contributed by atoms with Gasteiger partial charge in [0.1, 0.15) is 0 Å². The number of hydrogen-bond donors (Lipinski definition) is 0. The number of rotatable bonds is 8. The van der Waals surface area contributed by atoms with Crippen LogP contribution in [0.2, 0.25) is 5.02 Å². The van der Waals surface area contributed by atoms with Crippen LogP contribution in [0.4, 0.5) is 0 Å². The Morgan fingerprint density at radius 2 is 2.11 bits per heavy atom. The van der Waals surface area contributed by atoms with Gasteiger partial charge in [-0.3, -0.25) is 9.00 Å². The molecular formula is C14H19ClO3S. The molecule has 0 saturated carbocycles. The lowest BCUT2D eigenvalue weighted by Crippen LogP contribution is -2.04. The summed E-state index contributed by atoms with van der Waals surface area (Å²) in [4.78, 5) is 11.9. The first-order valence-electron chi connectivity index (χ1n) is 6.43. The molecule has 106 valence electrons. The van der Waals surface area contributed by atoms with Crippen molar-refractivity contribution in [2.24, 2.45) is 0 Å². The van der Waals surface area contributed by atoms with Crippen LogP contribution in [0, 0.1) is 0 Å². The molecule has 0 aliphatic carbocycles. The van der Waals surface area contributed by atoms with Crippen molar-refractivity contribution in [1.29, 1.82) is 0 Å². The van der Waals surface area contributed by atoms with Gasteiger partial charge < -0.3 is 4.74 Å².